The summed E-state index contributed by atoms with van der Waals surface area (Å²) < 4.78 is 0. The molecule has 0 aliphatic heterocycles. The topological polar surface area (TPSA) is 17.1 Å². The summed E-state index contributed by atoms with van der Waals surface area (Å²) in [6.07, 6.45) is 4.24. The molecule has 0 amide bonds. The lowest BCUT2D eigenvalue weighted by Gasteiger charge is -1.97. The minimum absolute atomic E-state index is 0.0348. The van der Waals surface area contributed by atoms with Crippen LogP contribution in [0.1, 0.15) is 23.7 Å². The molecule has 1 aromatic carbocycles. The van der Waals surface area contributed by atoms with Crippen molar-refractivity contribution in [1.82, 2.24) is 0 Å². The number of benzene rings is 1. The van der Waals surface area contributed by atoms with E-state index < -0.39 is 0 Å². The second-order valence-electron chi connectivity index (χ2n) is 2.65. The third kappa shape index (κ3) is 2.71. The Hall–Kier alpha value is -1.08. The van der Waals surface area contributed by atoms with Gasteiger partial charge in [0.05, 0.1) is 5.02 Å². The standard InChI is InChI=1S/C11H11ClO/c1-2-3-8-11(13)9-6-4-5-7-10(9)12/h3-8H,2H2,1H3/b8-3+. The van der Waals surface area contributed by atoms with Crippen LogP contribution in [0.25, 0.3) is 0 Å². The zero-order valence-corrected chi connectivity index (χ0v) is 8.21. The molecule has 13 heavy (non-hydrogen) atoms. The molecule has 1 rings (SSSR count). The largest absolute Gasteiger partial charge is 0.289 e. The average Bonchev–Trinajstić information content (AvgIpc) is 2.15. The van der Waals surface area contributed by atoms with Crippen LogP contribution in [-0.2, 0) is 0 Å². The fourth-order valence-corrected chi connectivity index (χ4v) is 1.20. The van der Waals surface area contributed by atoms with E-state index >= 15 is 0 Å². The van der Waals surface area contributed by atoms with Crippen molar-refractivity contribution in [2.75, 3.05) is 0 Å². The lowest BCUT2D eigenvalue weighted by Crippen LogP contribution is -1.94. The number of hydrogen-bond donors (Lipinski definition) is 0. The fraction of sp³-hybridized carbons (Fsp3) is 0.182. The Morgan fingerprint density at radius 3 is 2.77 bits per heavy atom. The van der Waals surface area contributed by atoms with Crippen LogP contribution in [0.4, 0.5) is 0 Å². The molecule has 0 aromatic heterocycles. The molecule has 0 N–H and O–H groups in total. The SMILES string of the molecule is CC/C=C/C(=O)c1ccccc1Cl. The van der Waals surface area contributed by atoms with Gasteiger partial charge in [0.15, 0.2) is 5.78 Å². The molecule has 0 spiro atoms. The first-order valence-electron chi connectivity index (χ1n) is 4.21. The molecule has 0 saturated heterocycles. The van der Waals surface area contributed by atoms with E-state index in [1.165, 1.54) is 0 Å². The van der Waals surface area contributed by atoms with Gasteiger partial charge in [0, 0.05) is 5.56 Å². The number of rotatable bonds is 3. The number of halogens is 1. The van der Waals surface area contributed by atoms with E-state index in [1.54, 1.807) is 24.3 Å². The van der Waals surface area contributed by atoms with E-state index in [0.29, 0.717) is 10.6 Å². The van der Waals surface area contributed by atoms with Gasteiger partial charge in [-0.3, -0.25) is 4.79 Å². The van der Waals surface area contributed by atoms with E-state index in [0.717, 1.165) is 6.42 Å². The summed E-state index contributed by atoms with van der Waals surface area (Å²) in [4.78, 5) is 11.5. The molecule has 0 bridgehead atoms. The minimum Gasteiger partial charge on any atom is -0.289 e. The van der Waals surface area contributed by atoms with Crippen LogP contribution in [-0.4, -0.2) is 5.78 Å². The maximum Gasteiger partial charge on any atom is 0.187 e. The Labute approximate surface area is 83.0 Å². The van der Waals surface area contributed by atoms with Crippen molar-refractivity contribution in [3.05, 3.63) is 47.0 Å². The maximum atomic E-state index is 11.5. The van der Waals surface area contributed by atoms with E-state index in [1.807, 2.05) is 19.1 Å². The number of allylic oxidation sites excluding steroid dienone is 2. The Kier molecular flexibility index (Phi) is 3.71. The van der Waals surface area contributed by atoms with Gasteiger partial charge in [-0.15, -0.1) is 0 Å². The van der Waals surface area contributed by atoms with Gasteiger partial charge < -0.3 is 0 Å². The molecule has 0 unspecified atom stereocenters. The lowest BCUT2D eigenvalue weighted by molar-refractivity contribution is 0.104. The van der Waals surface area contributed by atoms with E-state index in [-0.39, 0.29) is 5.78 Å². The molecule has 0 aliphatic carbocycles. The predicted octanol–water partition coefficient (Wildman–Crippen LogP) is 3.49. The zero-order valence-electron chi connectivity index (χ0n) is 7.46. The van der Waals surface area contributed by atoms with E-state index in [2.05, 4.69) is 0 Å². The van der Waals surface area contributed by atoms with Gasteiger partial charge in [0.25, 0.3) is 0 Å². The van der Waals surface area contributed by atoms with Crippen LogP contribution < -0.4 is 0 Å². The quantitative estimate of drug-likeness (QED) is 0.532. The van der Waals surface area contributed by atoms with Crippen LogP contribution >= 0.6 is 11.6 Å². The maximum absolute atomic E-state index is 11.5. The van der Waals surface area contributed by atoms with Crippen LogP contribution in [0.5, 0.6) is 0 Å². The normalized spacial score (nSPS) is 10.6. The van der Waals surface area contributed by atoms with Crippen molar-refractivity contribution in [3.63, 3.8) is 0 Å². The molecule has 0 fully saturated rings. The molecule has 1 aromatic rings. The molecule has 0 radical (unpaired) electrons. The van der Waals surface area contributed by atoms with Gasteiger partial charge in [-0.25, -0.2) is 0 Å². The number of ketones is 1. The molecule has 2 heteroatoms. The van der Waals surface area contributed by atoms with Gasteiger partial charge in [-0.1, -0.05) is 36.7 Å². The second-order valence-corrected chi connectivity index (χ2v) is 3.06. The van der Waals surface area contributed by atoms with Crippen LogP contribution in [0.3, 0.4) is 0 Å². The third-order valence-electron chi connectivity index (χ3n) is 1.64. The van der Waals surface area contributed by atoms with E-state index in [9.17, 15) is 4.79 Å². The fourth-order valence-electron chi connectivity index (χ4n) is 0.976. The minimum atomic E-state index is -0.0348. The zero-order chi connectivity index (χ0) is 9.68. The smallest absolute Gasteiger partial charge is 0.187 e. The number of carbonyl (C=O) groups excluding carboxylic acids is 1. The average molecular weight is 195 g/mol. The van der Waals surface area contributed by atoms with Gasteiger partial charge in [-0.2, -0.15) is 0 Å². The van der Waals surface area contributed by atoms with Gasteiger partial charge in [0.2, 0.25) is 0 Å². The molecule has 0 heterocycles. The first kappa shape index (κ1) is 10.0. The third-order valence-corrected chi connectivity index (χ3v) is 1.97. The molecular weight excluding hydrogens is 184 g/mol. The van der Waals surface area contributed by atoms with Crippen molar-refractivity contribution < 1.29 is 4.79 Å². The highest BCUT2D eigenvalue weighted by molar-refractivity contribution is 6.34. The van der Waals surface area contributed by atoms with Crippen molar-refractivity contribution >= 4 is 17.4 Å². The molecule has 1 nitrogen and oxygen atoms in total. The summed E-state index contributed by atoms with van der Waals surface area (Å²) in [6, 6.07) is 7.06. The van der Waals surface area contributed by atoms with Crippen molar-refractivity contribution in [2.45, 2.75) is 13.3 Å². The lowest BCUT2D eigenvalue weighted by atomic mass is 10.1. The van der Waals surface area contributed by atoms with Crippen molar-refractivity contribution in [3.8, 4) is 0 Å². The molecule has 0 atom stereocenters. The van der Waals surface area contributed by atoms with Crippen LogP contribution in [0, 0.1) is 0 Å². The van der Waals surface area contributed by atoms with Gasteiger partial charge >= 0.3 is 0 Å². The Bertz CT molecular complexity index is 329. The monoisotopic (exact) mass is 194 g/mol. The summed E-state index contributed by atoms with van der Waals surface area (Å²) in [5, 5.41) is 0.508. The second kappa shape index (κ2) is 4.83. The molecule has 68 valence electrons. The Balaban J connectivity index is 2.89. The first-order valence-corrected chi connectivity index (χ1v) is 4.59. The van der Waals surface area contributed by atoms with Gasteiger partial charge in [-0.05, 0) is 24.6 Å². The highest BCUT2D eigenvalue weighted by Crippen LogP contribution is 2.15. The predicted molar refractivity (Wildman–Crippen MR) is 55.2 cm³/mol. The summed E-state index contributed by atoms with van der Waals surface area (Å²) in [7, 11) is 0. The highest BCUT2D eigenvalue weighted by atomic mass is 35.5. The number of carbonyl (C=O) groups is 1. The first-order chi connectivity index (χ1) is 6.25. The Morgan fingerprint density at radius 1 is 1.46 bits per heavy atom. The summed E-state index contributed by atoms with van der Waals surface area (Å²) in [5.41, 5.74) is 0.564. The van der Waals surface area contributed by atoms with Crippen LogP contribution in [0.15, 0.2) is 36.4 Å². The van der Waals surface area contributed by atoms with E-state index in [4.69, 9.17) is 11.6 Å². The van der Waals surface area contributed by atoms with Gasteiger partial charge in [0.1, 0.15) is 0 Å². The number of hydrogen-bond acceptors (Lipinski definition) is 1. The van der Waals surface area contributed by atoms with Crippen molar-refractivity contribution in [2.24, 2.45) is 0 Å². The Morgan fingerprint density at radius 2 is 2.15 bits per heavy atom. The highest BCUT2D eigenvalue weighted by Gasteiger charge is 2.04. The molecule has 0 saturated carbocycles. The summed E-state index contributed by atoms with van der Waals surface area (Å²) in [6.45, 7) is 1.98. The molecule has 0 aliphatic rings. The molecular formula is C11H11ClO. The van der Waals surface area contributed by atoms with Crippen LogP contribution in [0.2, 0.25) is 5.02 Å². The van der Waals surface area contributed by atoms with Crippen molar-refractivity contribution in [1.29, 1.82) is 0 Å². The summed E-state index contributed by atoms with van der Waals surface area (Å²) >= 11 is 5.84. The summed E-state index contributed by atoms with van der Waals surface area (Å²) in [5.74, 6) is -0.0348.